The molecule has 4 aromatic rings. The Hall–Kier alpha value is -3.65. The molecule has 0 spiro atoms. The Balaban J connectivity index is 1.71. The number of benzene rings is 2. The number of hydrogen-bond acceptors (Lipinski definition) is 7. The SMILES string of the molecule is CCCN(c1cc(OC)cc(OC)c1)c1ccc2ncc(-c3cnn(CCCN)c3)nc2c1. The number of fused-ring (bicyclic) bond motifs is 1. The van der Waals surface area contributed by atoms with E-state index in [9.17, 15) is 0 Å². The van der Waals surface area contributed by atoms with Crippen LogP contribution >= 0.6 is 0 Å². The first-order chi connectivity index (χ1) is 16.1. The van der Waals surface area contributed by atoms with Gasteiger partial charge in [0.1, 0.15) is 11.5 Å². The number of nitrogens with two attached hydrogens (primary N) is 1. The summed E-state index contributed by atoms with van der Waals surface area (Å²) in [5.41, 5.74) is 11.0. The number of methoxy groups -OCH3 is 2. The zero-order valence-corrected chi connectivity index (χ0v) is 19.4. The van der Waals surface area contributed by atoms with Crippen LogP contribution in [-0.2, 0) is 6.54 Å². The molecule has 2 aromatic heterocycles. The summed E-state index contributed by atoms with van der Waals surface area (Å²) in [5.74, 6) is 1.50. The van der Waals surface area contributed by atoms with E-state index in [-0.39, 0.29) is 0 Å². The molecule has 0 saturated carbocycles. The number of aryl methyl sites for hydroxylation is 1. The van der Waals surface area contributed by atoms with Gasteiger partial charge in [-0.15, -0.1) is 0 Å². The maximum atomic E-state index is 5.61. The monoisotopic (exact) mass is 446 g/mol. The fourth-order valence-electron chi connectivity index (χ4n) is 3.76. The number of aromatic nitrogens is 4. The van der Waals surface area contributed by atoms with Crippen molar-refractivity contribution in [2.45, 2.75) is 26.3 Å². The van der Waals surface area contributed by atoms with E-state index >= 15 is 0 Å². The standard InChI is InChI=1S/C25H30N6O2/c1-4-9-31(20-11-21(32-2)14-22(12-20)33-3)19-6-7-23-24(13-19)29-25(16-27-23)18-15-28-30(17-18)10-5-8-26/h6-7,11-17H,4-5,8-10,26H2,1-3H3. The third-order valence-corrected chi connectivity index (χ3v) is 5.45. The van der Waals surface area contributed by atoms with Gasteiger partial charge in [0.05, 0.1) is 43.3 Å². The van der Waals surface area contributed by atoms with E-state index in [0.29, 0.717) is 6.54 Å². The molecule has 0 fully saturated rings. The highest BCUT2D eigenvalue weighted by atomic mass is 16.5. The second-order valence-electron chi connectivity index (χ2n) is 7.79. The van der Waals surface area contributed by atoms with Gasteiger partial charge in [0, 0.05) is 54.4 Å². The van der Waals surface area contributed by atoms with Crippen molar-refractivity contribution in [3.05, 3.63) is 55.0 Å². The van der Waals surface area contributed by atoms with Crippen LogP contribution < -0.4 is 20.1 Å². The second kappa shape index (κ2) is 10.3. The van der Waals surface area contributed by atoms with Crippen molar-refractivity contribution in [3.8, 4) is 22.8 Å². The average molecular weight is 447 g/mol. The minimum Gasteiger partial charge on any atom is -0.497 e. The molecule has 0 radical (unpaired) electrons. The number of ether oxygens (including phenoxy) is 2. The summed E-state index contributed by atoms with van der Waals surface area (Å²) in [6.45, 7) is 4.42. The molecule has 0 aliphatic heterocycles. The van der Waals surface area contributed by atoms with E-state index in [2.05, 4.69) is 34.0 Å². The first kappa shape index (κ1) is 22.5. The lowest BCUT2D eigenvalue weighted by molar-refractivity contribution is 0.394. The Morgan fingerprint density at radius 3 is 2.45 bits per heavy atom. The summed E-state index contributed by atoms with van der Waals surface area (Å²) in [4.78, 5) is 11.8. The Kier molecular flexibility index (Phi) is 7.04. The maximum absolute atomic E-state index is 5.61. The van der Waals surface area contributed by atoms with Crippen molar-refractivity contribution in [3.63, 3.8) is 0 Å². The summed E-state index contributed by atoms with van der Waals surface area (Å²) in [6.07, 6.45) is 7.47. The van der Waals surface area contributed by atoms with Crippen molar-refractivity contribution in [2.75, 3.05) is 32.2 Å². The lowest BCUT2D eigenvalue weighted by Crippen LogP contribution is -2.18. The van der Waals surface area contributed by atoms with Gasteiger partial charge in [-0.2, -0.15) is 5.10 Å². The van der Waals surface area contributed by atoms with Crippen LogP contribution in [0.15, 0.2) is 55.0 Å². The Morgan fingerprint density at radius 2 is 1.76 bits per heavy atom. The van der Waals surface area contributed by atoms with Crippen LogP contribution in [0.4, 0.5) is 11.4 Å². The van der Waals surface area contributed by atoms with E-state index in [4.69, 9.17) is 20.2 Å². The van der Waals surface area contributed by atoms with Crippen LogP contribution in [0.3, 0.4) is 0 Å². The van der Waals surface area contributed by atoms with Gasteiger partial charge in [0.2, 0.25) is 0 Å². The number of hydrogen-bond donors (Lipinski definition) is 1. The normalized spacial score (nSPS) is 11.0. The summed E-state index contributed by atoms with van der Waals surface area (Å²) in [5, 5.41) is 4.41. The molecule has 2 N–H and O–H groups in total. The molecule has 4 rings (SSSR count). The minimum absolute atomic E-state index is 0.640. The average Bonchev–Trinajstić information content (AvgIpc) is 3.34. The van der Waals surface area contributed by atoms with Crippen molar-refractivity contribution in [1.29, 1.82) is 0 Å². The lowest BCUT2D eigenvalue weighted by Gasteiger charge is -2.25. The molecule has 0 aliphatic carbocycles. The molecule has 2 heterocycles. The topological polar surface area (TPSA) is 91.3 Å². The van der Waals surface area contributed by atoms with Gasteiger partial charge in [0.25, 0.3) is 0 Å². The van der Waals surface area contributed by atoms with Crippen molar-refractivity contribution < 1.29 is 9.47 Å². The summed E-state index contributed by atoms with van der Waals surface area (Å²) < 4.78 is 12.9. The molecule has 0 unspecified atom stereocenters. The third kappa shape index (κ3) is 5.06. The predicted octanol–water partition coefficient (Wildman–Crippen LogP) is 4.41. The quantitative estimate of drug-likeness (QED) is 0.386. The molecule has 2 aromatic carbocycles. The van der Waals surface area contributed by atoms with Crippen LogP contribution in [0, 0.1) is 0 Å². The highest BCUT2D eigenvalue weighted by Crippen LogP contribution is 2.34. The molecule has 0 saturated heterocycles. The minimum atomic E-state index is 0.640. The molecule has 8 heteroatoms. The van der Waals surface area contributed by atoms with Crippen LogP contribution in [0.2, 0.25) is 0 Å². The number of rotatable bonds is 10. The van der Waals surface area contributed by atoms with Crippen LogP contribution in [0.5, 0.6) is 11.5 Å². The molecular formula is C25H30N6O2. The molecular weight excluding hydrogens is 416 g/mol. The van der Waals surface area contributed by atoms with Crippen LogP contribution in [-0.4, -0.2) is 47.1 Å². The van der Waals surface area contributed by atoms with E-state index in [1.165, 1.54) is 0 Å². The van der Waals surface area contributed by atoms with Crippen molar-refractivity contribution >= 4 is 22.4 Å². The number of anilines is 2. The first-order valence-electron chi connectivity index (χ1n) is 11.2. The third-order valence-electron chi connectivity index (χ3n) is 5.45. The van der Waals surface area contributed by atoms with E-state index < -0.39 is 0 Å². The van der Waals surface area contributed by atoms with E-state index in [1.807, 2.05) is 41.3 Å². The summed E-state index contributed by atoms with van der Waals surface area (Å²) in [6, 6.07) is 12.1. The lowest BCUT2D eigenvalue weighted by atomic mass is 10.2. The maximum Gasteiger partial charge on any atom is 0.124 e. The summed E-state index contributed by atoms with van der Waals surface area (Å²) >= 11 is 0. The van der Waals surface area contributed by atoms with Crippen molar-refractivity contribution in [1.82, 2.24) is 19.7 Å². The first-order valence-corrected chi connectivity index (χ1v) is 11.2. The Bertz CT molecular complexity index is 1200. The largest absolute Gasteiger partial charge is 0.497 e. The fourth-order valence-corrected chi connectivity index (χ4v) is 3.76. The molecule has 0 bridgehead atoms. The second-order valence-corrected chi connectivity index (χ2v) is 7.79. The van der Waals surface area contributed by atoms with Gasteiger partial charge < -0.3 is 20.1 Å². The zero-order valence-electron chi connectivity index (χ0n) is 19.4. The molecule has 172 valence electrons. The smallest absolute Gasteiger partial charge is 0.124 e. The number of nitrogens with zero attached hydrogens (tertiary/aromatic N) is 5. The molecule has 8 nitrogen and oxygen atoms in total. The van der Waals surface area contributed by atoms with E-state index in [1.54, 1.807) is 20.4 Å². The molecule has 0 aliphatic rings. The fraction of sp³-hybridized carbons (Fsp3) is 0.320. The zero-order chi connectivity index (χ0) is 23.2. The predicted molar refractivity (Wildman–Crippen MR) is 131 cm³/mol. The van der Waals surface area contributed by atoms with Gasteiger partial charge in [-0.25, -0.2) is 4.98 Å². The van der Waals surface area contributed by atoms with Gasteiger partial charge in [-0.1, -0.05) is 6.92 Å². The highest BCUT2D eigenvalue weighted by molar-refractivity contribution is 5.82. The van der Waals surface area contributed by atoms with Crippen LogP contribution in [0.25, 0.3) is 22.3 Å². The van der Waals surface area contributed by atoms with Gasteiger partial charge in [0.15, 0.2) is 0 Å². The molecule has 0 amide bonds. The van der Waals surface area contributed by atoms with Crippen LogP contribution in [0.1, 0.15) is 19.8 Å². The van der Waals surface area contributed by atoms with Gasteiger partial charge >= 0.3 is 0 Å². The molecule has 33 heavy (non-hydrogen) atoms. The van der Waals surface area contributed by atoms with Gasteiger partial charge in [-0.3, -0.25) is 9.67 Å². The Morgan fingerprint density at radius 1 is 0.970 bits per heavy atom. The summed E-state index contributed by atoms with van der Waals surface area (Å²) in [7, 11) is 3.32. The molecule has 0 atom stereocenters. The van der Waals surface area contributed by atoms with Crippen molar-refractivity contribution in [2.24, 2.45) is 5.73 Å². The highest BCUT2D eigenvalue weighted by Gasteiger charge is 2.14. The van der Waals surface area contributed by atoms with E-state index in [0.717, 1.165) is 71.1 Å². The Labute approximate surface area is 194 Å². The van der Waals surface area contributed by atoms with Gasteiger partial charge in [-0.05, 0) is 37.6 Å².